The van der Waals surface area contributed by atoms with E-state index in [0.29, 0.717) is 34.3 Å². The summed E-state index contributed by atoms with van der Waals surface area (Å²) >= 11 is 6.20. The minimum Gasteiger partial charge on any atom is -0.359 e. The third-order valence-electron chi connectivity index (χ3n) is 4.88. The molecule has 0 saturated carbocycles. The number of anilines is 1. The molecule has 0 aromatic carbocycles. The summed E-state index contributed by atoms with van der Waals surface area (Å²) < 4.78 is 2.94. The first-order chi connectivity index (χ1) is 14.0. The van der Waals surface area contributed by atoms with E-state index in [1.54, 1.807) is 12.3 Å². The average Bonchev–Trinajstić information content (AvgIpc) is 3.29. The number of aromatic nitrogens is 6. The van der Waals surface area contributed by atoms with Crippen LogP contribution in [-0.2, 0) is 0 Å². The molecule has 0 fully saturated rings. The van der Waals surface area contributed by atoms with E-state index in [1.807, 2.05) is 20.0 Å². The minimum absolute atomic E-state index is 0.291. The molecule has 1 atom stereocenters. The molecule has 4 aromatic rings. The highest BCUT2D eigenvalue weighted by molar-refractivity contribution is 6.33. The molecule has 0 saturated heterocycles. The maximum Gasteiger partial charge on any atom is 0.284 e. The highest BCUT2D eigenvalue weighted by Crippen LogP contribution is 2.28. The van der Waals surface area contributed by atoms with E-state index < -0.39 is 0 Å². The van der Waals surface area contributed by atoms with Gasteiger partial charge >= 0.3 is 0 Å². The number of hydrogen-bond acceptors (Lipinski definition) is 5. The predicted molar refractivity (Wildman–Crippen MR) is 115 cm³/mol. The molecular weight excluding hydrogens is 390 g/mol. The second-order valence-corrected chi connectivity index (χ2v) is 7.08. The maximum atomic E-state index is 13.2. The fourth-order valence-corrected chi connectivity index (χ4v) is 3.61. The van der Waals surface area contributed by atoms with Crippen LogP contribution >= 0.6 is 11.6 Å². The first kappa shape index (κ1) is 18.9. The molecular formula is C20H20ClN7O. The van der Waals surface area contributed by atoms with Gasteiger partial charge in [-0.2, -0.15) is 5.10 Å². The van der Waals surface area contributed by atoms with E-state index in [1.165, 1.54) is 21.5 Å². The molecule has 9 heteroatoms. The number of rotatable bonds is 6. The summed E-state index contributed by atoms with van der Waals surface area (Å²) in [4.78, 5) is 25.0. The van der Waals surface area contributed by atoms with Gasteiger partial charge in [0.25, 0.3) is 5.56 Å². The van der Waals surface area contributed by atoms with Crippen LogP contribution in [-0.4, -0.2) is 29.1 Å². The lowest BCUT2D eigenvalue weighted by molar-refractivity contribution is 0.628. The number of allylic oxidation sites excluding steroid dienone is 2. The summed E-state index contributed by atoms with van der Waals surface area (Å²) in [7, 11) is 0. The number of fused-ring (bicyclic) bond motifs is 2. The topological polar surface area (TPSA) is 92.9 Å². The Balaban J connectivity index is 1.91. The van der Waals surface area contributed by atoms with Crippen LogP contribution < -0.4 is 10.9 Å². The van der Waals surface area contributed by atoms with Crippen molar-refractivity contribution in [1.82, 2.24) is 29.1 Å². The zero-order valence-corrected chi connectivity index (χ0v) is 16.9. The Morgan fingerprint density at radius 1 is 1.45 bits per heavy atom. The number of aromatic amines is 1. The zero-order chi connectivity index (χ0) is 20.7. The van der Waals surface area contributed by atoms with E-state index >= 15 is 0 Å². The molecule has 0 radical (unpaired) electrons. The molecule has 2 N–H and O–H groups in total. The SMILES string of the molecule is C=CC(=C)n1c(C(CC)Nc2ncnc3[nH]cc(C)c23)nn2ccc(Cl)c2c1=O. The highest BCUT2D eigenvalue weighted by atomic mass is 35.5. The molecule has 0 aliphatic rings. The van der Waals surface area contributed by atoms with Gasteiger partial charge in [-0.15, -0.1) is 0 Å². The largest absolute Gasteiger partial charge is 0.359 e. The number of nitrogens with zero attached hydrogens (tertiary/aromatic N) is 5. The Hall–Kier alpha value is -3.39. The van der Waals surface area contributed by atoms with Crippen molar-refractivity contribution >= 4 is 39.7 Å². The third-order valence-corrected chi connectivity index (χ3v) is 5.19. The van der Waals surface area contributed by atoms with Crippen LogP contribution in [0.3, 0.4) is 0 Å². The van der Waals surface area contributed by atoms with Crippen molar-refractivity contribution in [2.24, 2.45) is 0 Å². The highest BCUT2D eigenvalue weighted by Gasteiger charge is 2.23. The molecule has 0 bridgehead atoms. The second kappa shape index (κ2) is 7.21. The van der Waals surface area contributed by atoms with Crippen molar-refractivity contribution in [3.63, 3.8) is 0 Å². The van der Waals surface area contributed by atoms with E-state index in [4.69, 9.17) is 11.6 Å². The summed E-state index contributed by atoms with van der Waals surface area (Å²) in [6, 6.07) is 1.32. The number of aryl methyl sites for hydroxylation is 1. The Labute approximate surface area is 171 Å². The van der Waals surface area contributed by atoms with Crippen molar-refractivity contribution < 1.29 is 0 Å². The summed E-state index contributed by atoms with van der Waals surface area (Å²) in [5.41, 5.74) is 2.16. The molecule has 0 amide bonds. The van der Waals surface area contributed by atoms with Crippen LogP contribution in [0, 0.1) is 6.92 Å². The second-order valence-electron chi connectivity index (χ2n) is 6.67. The Bertz CT molecular complexity index is 1310. The number of halogens is 1. The van der Waals surface area contributed by atoms with Gasteiger partial charge in [-0.3, -0.25) is 9.36 Å². The fourth-order valence-electron chi connectivity index (χ4n) is 3.38. The molecule has 8 nitrogen and oxygen atoms in total. The minimum atomic E-state index is -0.322. The summed E-state index contributed by atoms with van der Waals surface area (Å²) in [5, 5.41) is 9.30. The molecule has 29 heavy (non-hydrogen) atoms. The molecule has 1 unspecified atom stereocenters. The summed E-state index contributed by atoms with van der Waals surface area (Å²) in [5.74, 6) is 1.15. The lowest BCUT2D eigenvalue weighted by Gasteiger charge is -2.22. The van der Waals surface area contributed by atoms with Crippen molar-refractivity contribution in [1.29, 1.82) is 0 Å². The van der Waals surface area contributed by atoms with Crippen LogP contribution in [0.4, 0.5) is 5.82 Å². The van der Waals surface area contributed by atoms with Gasteiger partial charge in [-0.05, 0) is 31.1 Å². The van der Waals surface area contributed by atoms with E-state index in [-0.39, 0.29) is 11.6 Å². The van der Waals surface area contributed by atoms with Crippen molar-refractivity contribution in [2.75, 3.05) is 5.32 Å². The van der Waals surface area contributed by atoms with Crippen molar-refractivity contribution in [2.45, 2.75) is 26.3 Å². The van der Waals surface area contributed by atoms with Gasteiger partial charge < -0.3 is 10.3 Å². The Morgan fingerprint density at radius 3 is 2.97 bits per heavy atom. The van der Waals surface area contributed by atoms with Crippen LogP contribution in [0.1, 0.15) is 30.8 Å². The predicted octanol–water partition coefficient (Wildman–Crippen LogP) is 3.95. The summed E-state index contributed by atoms with van der Waals surface area (Å²) in [6.45, 7) is 11.7. The zero-order valence-electron chi connectivity index (χ0n) is 16.1. The van der Waals surface area contributed by atoms with Gasteiger partial charge in [0.1, 0.15) is 23.3 Å². The van der Waals surface area contributed by atoms with Gasteiger partial charge in [-0.1, -0.05) is 31.7 Å². The molecule has 148 valence electrons. The standard InChI is InChI=1S/C20H20ClN7O/c1-5-12(4)28-19(26-27-8-7-13(21)16(27)20(28)29)14(6-2)25-18-15-11(3)9-22-17(15)23-10-24-18/h5,7-10,14H,1,4,6H2,2-3H3,(H2,22,23,24,25). The number of hydrogen-bond donors (Lipinski definition) is 2. The van der Waals surface area contributed by atoms with Gasteiger partial charge in [-0.25, -0.2) is 14.5 Å². The van der Waals surface area contributed by atoms with Gasteiger partial charge in [0.2, 0.25) is 0 Å². The van der Waals surface area contributed by atoms with Gasteiger partial charge in [0.05, 0.1) is 16.5 Å². The van der Waals surface area contributed by atoms with Gasteiger partial charge in [0, 0.05) is 18.1 Å². The lowest BCUT2D eigenvalue weighted by atomic mass is 10.1. The normalized spacial score (nSPS) is 12.4. The van der Waals surface area contributed by atoms with Crippen LogP contribution in [0.15, 0.2) is 48.8 Å². The molecule has 0 spiro atoms. The monoisotopic (exact) mass is 409 g/mol. The van der Waals surface area contributed by atoms with Crippen LogP contribution in [0.2, 0.25) is 5.02 Å². The summed E-state index contributed by atoms with van der Waals surface area (Å²) in [6.07, 6.45) is 7.20. The first-order valence-electron chi connectivity index (χ1n) is 9.13. The lowest BCUT2D eigenvalue weighted by Crippen LogP contribution is -2.30. The van der Waals surface area contributed by atoms with Crippen LogP contribution in [0.25, 0.3) is 22.2 Å². The third kappa shape index (κ3) is 3.01. The van der Waals surface area contributed by atoms with Gasteiger partial charge in [0.15, 0.2) is 5.82 Å². The number of H-pyrrole nitrogens is 1. The van der Waals surface area contributed by atoms with E-state index in [9.17, 15) is 4.79 Å². The fraction of sp³-hybridized carbons (Fsp3) is 0.200. The first-order valence-corrected chi connectivity index (χ1v) is 9.50. The molecule has 4 aromatic heterocycles. The molecule has 0 aliphatic heterocycles. The average molecular weight is 410 g/mol. The van der Waals surface area contributed by atoms with Crippen molar-refractivity contribution in [3.05, 3.63) is 70.8 Å². The van der Waals surface area contributed by atoms with Crippen LogP contribution in [0.5, 0.6) is 0 Å². The quantitative estimate of drug-likeness (QED) is 0.470. The molecule has 4 heterocycles. The molecule has 0 aliphatic carbocycles. The smallest absolute Gasteiger partial charge is 0.284 e. The van der Waals surface area contributed by atoms with Crippen molar-refractivity contribution in [3.8, 4) is 0 Å². The Kier molecular flexibility index (Phi) is 4.71. The molecule has 4 rings (SSSR count). The van der Waals surface area contributed by atoms with E-state index in [0.717, 1.165) is 16.6 Å². The number of nitrogens with one attached hydrogen (secondary N) is 2. The Morgan fingerprint density at radius 2 is 2.24 bits per heavy atom. The van der Waals surface area contributed by atoms with E-state index in [2.05, 4.69) is 38.5 Å². The maximum absolute atomic E-state index is 13.2.